The maximum Gasteiger partial charge on any atom is 0.123 e. The molecule has 1 saturated carbocycles. The summed E-state index contributed by atoms with van der Waals surface area (Å²) in [7, 11) is 3.50. The highest BCUT2D eigenvalue weighted by molar-refractivity contribution is 5.38. The predicted molar refractivity (Wildman–Crippen MR) is 70.1 cm³/mol. The van der Waals surface area contributed by atoms with Crippen molar-refractivity contribution in [1.29, 1.82) is 0 Å². The zero-order chi connectivity index (χ0) is 13.2. The molecule has 18 heavy (non-hydrogen) atoms. The monoisotopic (exact) mass is 252 g/mol. The van der Waals surface area contributed by atoms with Crippen LogP contribution in [0.5, 0.6) is 5.75 Å². The summed E-state index contributed by atoms with van der Waals surface area (Å²) in [5.74, 6) is 0.480. The number of hydrogen-bond acceptors (Lipinski definition) is 3. The lowest BCUT2D eigenvalue weighted by molar-refractivity contribution is 0.0863. The minimum Gasteiger partial charge on any atom is -0.496 e. The van der Waals surface area contributed by atoms with Crippen molar-refractivity contribution in [2.75, 3.05) is 20.7 Å². The van der Waals surface area contributed by atoms with E-state index in [-0.39, 0.29) is 17.3 Å². The standard InChI is InChI=1S/C14H21FN2O/c1-17-13(14(9-16)6-3-7-14)11-8-10(15)4-5-12(11)18-2/h4-5,8,13,17H,3,6-7,9,16H2,1-2H3. The van der Waals surface area contributed by atoms with Gasteiger partial charge in [-0.05, 0) is 44.6 Å². The number of nitrogens with one attached hydrogen (secondary N) is 1. The molecule has 1 aliphatic rings. The first kappa shape index (κ1) is 13.3. The van der Waals surface area contributed by atoms with Crippen LogP contribution in [-0.4, -0.2) is 20.7 Å². The second-order valence-corrected chi connectivity index (χ2v) is 5.03. The van der Waals surface area contributed by atoms with Crippen molar-refractivity contribution < 1.29 is 9.13 Å². The molecule has 1 unspecified atom stereocenters. The molecule has 0 radical (unpaired) electrons. The van der Waals surface area contributed by atoms with Crippen LogP contribution in [0.3, 0.4) is 0 Å². The lowest BCUT2D eigenvalue weighted by Gasteiger charge is -2.47. The highest BCUT2D eigenvalue weighted by atomic mass is 19.1. The van der Waals surface area contributed by atoms with Gasteiger partial charge in [0.15, 0.2) is 0 Å². The van der Waals surface area contributed by atoms with E-state index in [2.05, 4.69) is 5.32 Å². The average molecular weight is 252 g/mol. The third kappa shape index (κ3) is 2.10. The minimum absolute atomic E-state index is 0.0375. The molecule has 0 heterocycles. The molecular weight excluding hydrogens is 231 g/mol. The Morgan fingerprint density at radius 3 is 2.67 bits per heavy atom. The Labute approximate surface area is 108 Å². The van der Waals surface area contributed by atoms with E-state index < -0.39 is 0 Å². The van der Waals surface area contributed by atoms with Gasteiger partial charge in [-0.3, -0.25) is 0 Å². The zero-order valence-corrected chi connectivity index (χ0v) is 11.0. The largest absolute Gasteiger partial charge is 0.496 e. The number of halogens is 1. The van der Waals surface area contributed by atoms with Gasteiger partial charge in [0.2, 0.25) is 0 Å². The summed E-state index contributed by atoms with van der Waals surface area (Å²) in [6.07, 6.45) is 3.34. The summed E-state index contributed by atoms with van der Waals surface area (Å²) in [6, 6.07) is 4.69. The molecule has 4 heteroatoms. The van der Waals surface area contributed by atoms with Crippen LogP contribution in [0.25, 0.3) is 0 Å². The molecule has 1 fully saturated rings. The van der Waals surface area contributed by atoms with Gasteiger partial charge in [-0.25, -0.2) is 4.39 Å². The molecule has 0 spiro atoms. The Kier molecular flexibility index (Phi) is 3.88. The fourth-order valence-corrected chi connectivity index (χ4v) is 2.96. The van der Waals surface area contributed by atoms with E-state index in [1.807, 2.05) is 7.05 Å². The van der Waals surface area contributed by atoms with Crippen LogP contribution in [-0.2, 0) is 0 Å². The van der Waals surface area contributed by atoms with Crippen LogP contribution < -0.4 is 15.8 Å². The van der Waals surface area contributed by atoms with E-state index >= 15 is 0 Å². The average Bonchev–Trinajstić information content (AvgIpc) is 2.33. The Morgan fingerprint density at radius 2 is 2.22 bits per heavy atom. The minimum atomic E-state index is -0.238. The van der Waals surface area contributed by atoms with Crippen molar-refractivity contribution in [2.45, 2.75) is 25.3 Å². The zero-order valence-electron chi connectivity index (χ0n) is 11.0. The van der Waals surface area contributed by atoms with Crippen molar-refractivity contribution in [3.8, 4) is 5.75 Å². The smallest absolute Gasteiger partial charge is 0.123 e. The summed E-state index contributed by atoms with van der Waals surface area (Å²) in [5.41, 5.74) is 6.84. The molecule has 2 rings (SSSR count). The Hall–Kier alpha value is -1.13. The highest BCUT2D eigenvalue weighted by Crippen LogP contribution is 2.50. The molecule has 0 aromatic heterocycles. The SMILES string of the molecule is CNC(c1cc(F)ccc1OC)C1(CN)CCC1. The van der Waals surface area contributed by atoms with Crippen LogP contribution in [0, 0.1) is 11.2 Å². The Bertz CT molecular complexity index is 413. The van der Waals surface area contributed by atoms with Crippen LogP contribution in [0.15, 0.2) is 18.2 Å². The lowest BCUT2D eigenvalue weighted by Crippen LogP contribution is -2.47. The third-order valence-electron chi connectivity index (χ3n) is 4.16. The van der Waals surface area contributed by atoms with Crippen molar-refractivity contribution in [2.24, 2.45) is 11.1 Å². The summed E-state index contributed by atoms with van der Waals surface area (Å²) in [5, 5.41) is 3.29. The highest BCUT2D eigenvalue weighted by Gasteiger charge is 2.44. The number of nitrogens with two attached hydrogens (primary N) is 1. The van der Waals surface area contributed by atoms with Gasteiger partial charge in [0, 0.05) is 17.0 Å². The van der Waals surface area contributed by atoms with Crippen molar-refractivity contribution in [1.82, 2.24) is 5.32 Å². The first-order valence-electron chi connectivity index (χ1n) is 6.37. The number of hydrogen-bond donors (Lipinski definition) is 2. The van der Waals surface area contributed by atoms with Crippen LogP contribution in [0.2, 0.25) is 0 Å². The molecular formula is C14H21FN2O. The fraction of sp³-hybridized carbons (Fsp3) is 0.571. The first-order valence-corrected chi connectivity index (χ1v) is 6.37. The van der Waals surface area contributed by atoms with E-state index in [0.29, 0.717) is 6.54 Å². The summed E-state index contributed by atoms with van der Waals surface area (Å²) >= 11 is 0. The Morgan fingerprint density at radius 1 is 1.50 bits per heavy atom. The second-order valence-electron chi connectivity index (χ2n) is 5.03. The van der Waals surface area contributed by atoms with Crippen LogP contribution in [0.1, 0.15) is 30.9 Å². The van der Waals surface area contributed by atoms with E-state index in [1.54, 1.807) is 19.2 Å². The molecule has 1 aromatic rings. The summed E-state index contributed by atoms with van der Waals surface area (Å²) in [4.78, 5) is 0. The van der Waals surface area contributed by atoms with Gasteiger partial charge in [-0.2, -0.15) is 0 Å². The summed E-state index contributed by atoms with van der Waals surface area (Å²) in [6.45, 7) is 0.609. The first-order chi connectivity index (χ1) is 8.66. The maximum atomic E-state index is 13.5. The predicted octanol–water partition coefficient (Wildman–Crippen LogP) is 2.22. The van der Waals surface area contributed by atoms with Gasteiger partial charge >= 0.3 is 0 Å². The maximum absolute atomic E-state index is 13.5. The fourth-order valence-electron chi connectivity index (χ4n) is 2.96. The molecule has 1 aromatic carbocycles. The van der Waals surface area contributed by atoms with Crippen molar-refractivity contribution >= 4 is 0 Å². The number of rotatable bonds is 5. The van der Waals surface area contributed by atoms with Gasteiger partial charge in [0.25, 0.3) is 0 Å². The van der Waals surface area contributed by atoms with E-state index in [4.69, 9.17) is 10.5 Å². The van der Waals surface area contributed by atoms with Gasteiger partial charge in [-0.15, -0.1) is 0 Å². The van der Waals surface area contributed by atoms with Gasteiger partial charge < -0.3 is 15.8 Å². The topological polar surface area (TPSA) is 47.3 Å². The Balaban J connectivity index is 2.40. The number of methoxy groups -OCH3 is 1. The molecule has 0 amide bonds. The number of ether oxygens (including phenoxy) is 1. The third-order valence-corrected chi connectivity index (χ3v) is 4.16. The number of benzene rings is 1. The lowest BCUT2D eigenvalue weighted by atomic mass is 9.62. The van der Waals surface area contributed by atoms with Gasteiger partial charge in [0.05, 0.1) is 7.11 Å². The van der Waals surface area contributed by atoms with Gasteiger partial charge in [-0.1, -0.05) is 6.42 Å². The van der Waals surface area contributed by atoms with Crippen molar-refractivity contribution in [3.05, 3.63) is 29.6 Å². The van der Waals surface area contributed by atoms with Crippen molar-refractivity contribution in [3.63, 3.8) is 0 Å². The van der Waals surface area contributed by atoms with E-state index in [0.717, 1.165) is 24.2 Å². The van der Waals surface area contributed by atoms with Crippen LogP contribution >= 0.6 is 0 Å². The quantitative estimate of drug-likeness (QED) is 0.844. The molecule has 3 nitrogen and oxygen atoms in total. The molecule has 100 valence electrons. The molecule has 3 N–H and O–H groups in total. The summed E-state index contributed by atoms with van der Waals surface area (Å²) < 4.78 is 18.8. The molecule has 0 bridgehead atoms. The van der Waals surface area contributed by atoms with Gasteiger partial charge in [0.1, 0.15) is 11.6 Å². The van der Waals surface area contributed by atoms with Crippen LogP contribution in [0.4, 0.5) is 4.39 Å². The molecule has 0 saturated heterocycles. The normalized spacial score (nSPS) is 19.1. The van der Waals surface area contributed by atoms with E-state index in [9.17, 15) is 4.39 Å². The molecule has 1 aliphatic carbocycles. The second kappa shape index (κ2) is 5.24. The molecule has 0 aliphatic heterocycles. The van der Waals surface area contributed by atoms with E-state index in [1.165, 1.54) is 12.5 Å². The molecule has 1 atom stereocenters.